The third kappa shape index (κ3) is 5.35. The first-order valence-electron chi connectivity index (χ1n) is 11.9. The molecule has 2 aromatic carbocycles. The van der Waals surface area contributed by atoms with Gasteiger partial charge in [-0.25, -0.2) is 0 Å². The van der Waals surface area contributed by atoms with E-state index in [1.807, 2.05) is 44.2 Å². The molecule has 214 valence electrons. The second kappa shape index (κ2) is 9.79. The van der Waals surface area contributed by atoms with Crippen molar-refractivity contribution in [2.45, 2.75) is 70.2 Å². The maximum Gasteiger partial charge on any atom is 0.460 e. The molecule has 1 N–H and O–H groups in total. The number of carbonyl (C=O) groups excluding carboxylic acids is 1. The second-order valence-electron chi connectivity index (χ2n) is 10.9. The molecule has 1 amide bonds. The van der Waals surface area contributed by atoms with Gasteiger partial charge in [0, 0.05) is 17.3 Å². The number of amides is 1. The standard InChI is InChI=1S/C27H29F7N2O3/c1-22(2,3)24(38)15-20(25(28,29)26(30,31)27(32,33)34)35-36(24)21(37)16-39-19-13-11-18(12-14-19)23(4,5)17-9-7-6-8-10-17/h6-14,38H,15-16H2,1-5H3/t24-/m1/s1. The number of aliphatic hydroxyl groups is 1. The Bertz CT molecular complexity index is 1220. The normalized spacial score (nSPS) is 19.2. The predicted molar refractivity (Wildman–Crippen MR) is 130 cm³/mol. The number of hydrogen-bond donors (Lipinski definition) is 1. The van der Waals surface area contributed by atoms with Crippen LogP contribution in [0.15, 0.2) is 59.7 Å². The molecular weight excluding hydrogens is 533 g/mol. The molecule has 0 saturated carbocycles. The summed E-state index contributed by atoms with van der Waals surface area (Å²) in [4.78, 5) is 12.9. The molecule has 0 spiro atoms. The highest BCUT2D eigenvalue weighted by Gasteiger charge is 2.76. The maximum atomic E-state index is 14.4. The lowest BCUT2D eigenvalue weighted by molar-refractivity contribution is -0.336. The zero-order valence-electron chi connectivity index (χ0n) is 21.9. The van der Waals surface area contributed by atoms with Gasteiger partial charge in [0.25, 0.3) is 5.91 Å². The highest BCUT2D eigenvalue weighted by atomic mass is 19.4. The first kappa shape index (κ1) is 30.4. The molecule has 0 saturated heterocycles. The van der Waals surface area contributed by atoms with Gasteiger partial charge in [-0.05, 0) is 23.3 Å². The highest BCUT2D eigenvalue weighted by Crippen LogP contribution is 2.51. The lowest BCUT2D eigenvalue weighted by atomic mass is 9.78. The van der Waals surface area contributed by atoms with Crippen molar-refractivity contribution in [3.63, 3.8) is 0 Å². The number of hydrogen-bond acceptors (Lipinski definition) is 4. The van der Waals surface area contributed by atoms with E-state index >= 15 is 0 Å². The van der Waals surface area contributed by atoms with Gasteiger partial charge in [0.15, 0.2) is 12.3 Å². The van der Waals surface area contributed by atoms with Gasteiger partial charge in [0.2, 0.25) is 0 Å². The minimum absolute atomic E-state index is 0.107. The Morgan fingerprint density at radius 2 is 1.41 bits per heavy atom. The van der Waals surface area contributed by atoms with E-state index < -0.39 is 53.8 Å². The molecule has 1 heterocycles. The van der Waals surface area contributed by atoms with E-state index in [0.717, 1.165) is 11.1 Å². The Morgan fingerprint density at radius 1 is 0.897 bits per heavy atom. The summed E-state index contributed by atoms with van der Waals surface area (Å²) in [5.41, 5.74) is -4.48. The van der Waals surface area contributed by atoms with Crippen molar-refractivity contribution in [3.8, 4) is 5.75 Å². The Balaban J connectivity index is 1.83. The summed E-state index contributed by atoms with van der Waals surface area (Å²) in [6.45, 7) is 7.03. The summed E-state index contributed by atoms with van der Waals surface area (Å²) in [7, 11) is 0. The van der Waals surface area contributed by atoms with Crippen LogP contribution in [0.2, 0.25) is 0 Å². The minimum Gasteiger partial charge on any atom is -0.484 e. The zero-order chi connectivity index (χ0) is 29.7. The van der Waals surface area contributed by atoms with Crippen LogP contribution < -0.4 is 4.74 Å². The number of alkyl halides is 7. The summed E-state index contributed by atoms with van der Waals surface area (Å²) in [5.74, 6) is -13.3. The van der Waals surface area contributed by atoms with Crippen molar-refractivity contribution in [3.05, 3.63) is 65.7 Å². The van der Waals surface area contributed by atoms with Crippen LogP contribution >= 0.6 is 0 Å². The van der Waals surface area contributed by atoms with Crippen LogP contribution in [0.25, 0.3) is 0 Å². The molecule has 1 aliphatic heterocycles. The lowest BCUT2D eigenvalue weighted by Gasteiger charge is -2.41. The Morgan fingerprint density at radius 3 is 1.90 bits per heavy atom. The highest BCUT2D eigenvalue weighted by molar-refractivity contribution is 5.96. The number of carbonyl (C=O) groups is 1. The fraction of sp³-hybridized carbons (Fsp3) is 0.481. The van der Waals surface area contributed by atoms with E-state index in [1.165, 1.54) is 20.8 Å². The largest absolute Gasteiger partial charge is 0.484 e. The average molecular weight is 563 g/mol. The monoisotopic (exact) mass is 562 g/mol. The topological polar surface area (TPSA) is 62.1 Å². The molecule has 12 heteroatoms. The number of rotatable bonds is 7. The van der Waals surface area contributed by atoms with Gasteiger partial charge in [0.1, 0.15) is 11.5 Å². The molecular formula is C27H29F7N2O3. The second-order valence-corrected chi connectivity index (χ2v) is 10.9. The number of benzene rings is 2. The number of hydrazone groups is 1. The molecule has 1 atom stereocenters. The van der Waals surface area contributed by atoms with Crippen LogP contribution in [0.4, 0.5) is 30.7 Å². The van der Waals surface area contributed by atoms with E-state index in [1.54, 1.807) is 24.3 Å². The Hall–Kier alpha value is -3.15. The van der Waals surface area contributed by atoms with E-state index in [9.17, 15) is 40.6 Å². The van der Waals surface area contributed by atoms with Crippen LogP contribution in [0.1, 0.15) is 52.2 Å². The SMILES string of the molecule is CC(C)(c1ccccc1)c1ccc(OCC(=O)N2N=C(C(F)(F)C(F)(F)C(F)(F)F)C[C@@]2(O)C(C)(C)C)cc1. The van der Waals surface area contributed by atoms with Gasteiger partial charge in [-0.3, -0.25) is 4.79 Å². The third-order valence-corrected chi connectivity index (χ3v) is 6.97. The van der Waals surface area contributed by atoms with Gasteiger partial charge in [-0.1, -0.05) is 77.1 Å². The quantitative estimate of drug-likeness (QED) is 0.390. The predicted octanol–water partition coefficient (Wildman–Crippen LogP) is 6.55. The Kier molecular flexibility index (Phi) is 7.63. The molecule has 0 aromatic heterocycles. The van der Waals surface area contributed by atoms with Crippen molar-refractivity contribution in [2.24, 2.45) is 10.5 Å². The fourth-order valence-corrected chi connectivity index (χ4v) is 4.12. The van der Waals surface area contributed by atoms with Crippen molar-refractivity contribution in [1.29, 1.82) is 0 Å². The lowest BCUT2D eigenvalue weighted by Crippen LogP contribution is -2.58. The number of halogens is 7. The van der Waals surface area contributed by atoms with E-state index in [-0.39, 0.29) is 16.2 Å². The van der Waals surface area contributed by atoms with Crippen LogP contribution in [0.5, 0.6) is 5.75 Å². The Labute approximate surface area is 221 Å². The van der Waals surface area contributed by atoms with Crippen molar-refractivity contribution in [2.75, 3.05) is 6.61 Å². The van der Waals surface area contributed by atoms with Gasteiger partial charge >= 0.3 is 18.0 Å². The molecule has 0 aliphatic carbocycles. The average Bonchev–Trinajstić information content (AvgIpc) is 3.22. The van der Waals surface area contributed by atoms with Gasteiger partial charge < -0.3 is 9.84 Å². The molecule has 0 fully saturated rings. The maximum absolute atomic E-state index is 14.4. The van der Waals surface area contributed by atoms with Crippen LogP contribution in [-0.2, 0) is 10.2 Å². The zero-order valence-corrected chi connectivity index (χ0v) is 21.9. The van der Waals surface area contributed by atoms with Gasteiger partial charge in [0.05, 0.1) is 0 Å². The summed E-state index contributed by atoms with van der Waals surface area (Å²) < 4.78 is 99.7. The third-order valence-electron chi connectivity index (χ3n) is 6.97. The molecule has 39 heavy (non-hydrogen) atoms. The van der Waals surface area contributed by atoms with Crippen LogP contribution in [0, 0.1) is 5.41 Å². The number of nitrogens with zero attached hydrogens (tertiary/aromatic N) is 2. The summed E-state index contributed by atoms with van der Waals surface area (Å²) in [5, 5.41) is 14.3. The molecule has 5 nitrogen and oxygen atoms in total. The van der Waals surface area contributed by atoms with Crippen molar-refractivity contribution in [1.82, 2.24) is 5.01 Å². The van der Waals surface area contributed by atoms with Gasteiger partial charge in [-0.2, -0.15) is 40.8 Å². The summed E-state index contributed by atoms with van der Waals surface area (Å²) in [6, 6.07) is 16.3. The fourth-order valence-electron chi connectivity index (χ4n) is 4.12. The molecule has 1 aliphatic rings. The summed E-state index contributed by atoms with van der Waals surface area (Å²) >= 11 is 0. The molecule has 0 bridgehead atoms. The van der Waals surface area contributed by atoms with Crippen molar-refractivity contribution < 1.29 is 45.4 Å². The first-order valence-corrected chi connectivity index (χ1v) is 11.9. The smallest absolute Gasteiger partial charge is 0.460 e. The van der Waals surface area contributed by atoms with E-state index in [0.29, 0.717) is 0 Å². The number of ether oxygens (including phenoxy) is 1. The van der Waals surface area contributed by atoms with Crippen molar-refractivity contribution >= 4 is 11.6 Å². The molecule has 0 radical (unpaired) electrons. The summed E-state index contributed by atoms with van der Waals surface area (Å²) in [6.07, 6.45) is -8.02. The minimum atomic E-state index is -6.60. The van der Waals surface area contributed by atoms with Crippen LogP contribution in [0.3, 0.4) is 0 Å². The molecule has 3 rings (SSSR count). The molecule has 2 aromatic rings. The van der Waals surface area contributed by atoms with E-state index in [2.05, 4.69) is 5.10 Å². The molecule has 0 unspecified atom stereocenters. The van der Waals surface area contributed by atoms with Gasteiger partial charge in [-0.15, -0.1) is 0 Å². The first-order chi connectivity index (χ1) is 17.7. The van der Waals surface area contributed by atoms with E-state index in [4.69, 9.17) is 4.74 Å². The van der Waals surface area contributed by atoms with Crippen LogP contribution in [-0.4, -0.2) is 52.1 Å².